The van der Waals surface area contributed by atoms with E-state index in [9.17, 15) is 13.2 Å². The van der Waals surface area contributed by atoms with E-state index in [4.69, 9.17) is 0 Å². The van der Waals surface area contributed by atoms with E-state index in [0.717, 1.165) is 23.7 Å². The lowest BCUT2D eigenvalue weighted by atomic mass is 10.1. The Labute approximate surface area is 151 Å². The Balaban J connectivity index is 1.61. The predicted molar refractivity (Wildman–Crippen MR) is 99.5 cm³/mol. The first-order valence-electron chi connectivity index (χ1n) is 8.30. The highest BCUT2D eigenvalue weighted by molar-refractivity contribution is 7.89. The van der Waals surface area contributed by atoms with E-state index in [0.29, 0.717) is 5.69 Å². The van der Waals surface area contributed by atoms with E-state index in [2.05, 4.69) is 15.0 Å². The van der Waals surface area contributed by atoms with Crippen LogP contribution < -0.4 is 10.0 Å². The standard InChI is InChI=1S/C19H17N3O3S/c23-19(21-18-10-11-20-17-7-2-1-6-16(17)18)13-4-3-5-15(12-13)26(24,25)22-14-8-9-14/h1-7,10-12,14,22H,8-9H2,(H,20,21,23). The van der Waals surface area contributed by atoms with Gasteiger partial charge in [-0.2, -0.15) is 0 Å². The van der Waals surface area contributed by atoms with Crippen molar-refractivity contribution in [3.8, 4) is 0 Å². The zero-order valence-corrected chi connectivity index (χ0v) is 14.7. The van der Waals surface area contributed by atoms with E-state index in [1.807, 2.05) is 24.3 Å². The molecule has 1 fully saturated rings. The number of para-hydroxylation sites is 1. The van der Waals surface area contributed by atoms with Gasteiger partial charge in [-0.3, -0.25) is 9.78 Å². The average molecular weight is 367 g/mol. The van der Waals surface area contributed by atoms with Gasteiger partial charge < -0.3 is 5.32 Å². The van der Waals surface area contributed by atoms with Crippen molar-refractivity contribution < 1.29 is 13.2 Å². The number of anilines is 1. The number of hydrogen-bond donors (Lipinski definition) is 2. The number of nitrogens with one attached hydrogen (secondary N) is 2. The van der Waals surface area contributed by atoms with Gasteiger partial charge in [-0.1, -0.05) is 24.3 Å². The number of amides is 1. The number of carbonyl (C=O) groups excluding carboxylic acids is 1. The van der Waals surface area contributed by atoms with Crippen LogP contribution in [0.4, 0.5) is 5.69 Å². The summed E-state index contributed by atoms with van der Waals surface area (Å²) in [5.74, 6) is -0.371. The van der Waals surface area contributed by atoms with Gasteiger partial charge in [0.1, 0.15) is 0 Å². The van der Waals surface area contributed by atoms with Crippen molar-refractivity contribution in [1.29, 1.82) is 0 Å². The third kappa shape index (κ3) is 3.44. The summed E-state index contributed by atoms with van der Waals surface area (Å²) in [5, 5.41) is 3.66. The molecule has 0 spiro atoms. The quantitative estimate of drug-likeness (QED) is 0.726. The van der Waals surface area contributed by atoms with Gasteiger partial charge in [0.15, 0.2) is 0 Å². The lowest BCUT2D eigenvalue weighted by molar-refractivity contribution is 0.102. The molecule has 132 valence electrons. The van der Waals surface area contributed by atoms with E-state index in [1.54, 1.807) is 24.4 Å². The first-order chi connectivity index (χ1) is 12.5. The lowest BCUT2D eigenvalue weighted by Crippen LogP contribution is -2.26. The summed E-state index contributed by atoms with van der Waals surface area (Å²) in [5.41, 5.74) is 1.68. The molecule has 1 aliphatic rings. The number of fused-ring (bicyclic) bond motifs is 1. The van der Waals surface area contributed by atoms with Crippen molar-refractivity contribution in [2.24, 2.45) is 0 Å². The van der Waals surface area contributed by atoms with Crippen LogP contribution in [0.2, 0.25) is 0 Å². The minimum absolute atomic E-state index is 0.0145. The molecule has 2 N–H and O–H groups in total. The molecule has 4 rings (SSSR count). The SMILES string of the molecule is O=C(Nc1ccnc2ccccc12)c1cccc(S(=O)(=O)NC2CC2)c1. The zero-order chi connectivity index (χ0) is 18.1. The summed E-state index contributed by atoms with van der Waals surface area (Å²) in [6, 6.07) is 15.3. The van der Waals surface area contributed by atoms with E-state index in [-0.39, 0.29) is 22.4 Å². The fourth-order valence-corrected chi connectivity index (χ4v) is 4.04. The Morgan fingerprint density at radius 3 is 2.65 bits per heavy atom. The molecule has 1 heterocycles. The molecular formula is C19H17N3O3S. The maximum absolute atomic E-state index is 12.6. The van der Waals surface area contributed by atoms with Crippen molar-refractivity contribution in [3.63, 3.8) is 0 Å². The molecule has 0 unspecified atom stereocenters. The molecule has 2 aromatic carbocycles. The average Bonchev–Trinajstić information content (AvgIpc) is 3.45. The number of benzene rings is 2. The van der Waals surface area contributed by atoms with Gasteiger partial charge in [0, 0.05) is 23.2 Å². The zero-order valence-electron chi connectivity index (χ0n) is 13.8. The Morgan fingerprint density at radius 2 is 1.85 bits per heavy atom. The number of nitrogens with zero attached hydrogens (tertiary/aromatic N) is 1. The minimum Gasteiger partial charge on any atom is -0.321 e. The highest BCUT2D eigenvalue weighted by Crippen LogP contribution is 2.24. The van der Waals surface area contributed by atoms with Gasteiger partial charge in [0.25, 0.3) is 5.91 Å². The third-order valence-electron chi connectivity index (χ3n) is 4.20. The summed E-state index contributed by atoms with van der Waals surface area (Å²) in [4.78, 5) is 17.0. The van der Waals surface area contributed by atoms with Crippen LogP contribution in [0.1, 0.15) is 23.2 Å². The molecule has 0 atom stereocenters. The molecule has 1 amide bonds. The highest BCUT2D eigenvalue weighted by atomic mass is 32.2. The second-order valence-electron chi connectivity index (χ2n) is 6.25. The molecular weight excluding hydrogens is 350 g/mol. The first-order valence-corrected chi connectivity index (χ1v) is 9.79. The largest absolute Gasteiger partial charge is 0.321 e. The van der Waals surface area contributed by atoms with Crippen LogP contribution in [-0.2, 0) is 10.0 Å². The Hall–Kier alpha value is -2.77. The Kier molecular flexibility index (Phi) is 4.18. The minimum atomic E-state index is -3.60. The fraction of sp³-hybridized carbons (Fsp3) is 0.158. The molecule has 1 aliphatic carbocycles. The van der Waals surface area contributed by atoms with Gasteiger partial charge >= 0.3 is 0 Å². The van der Waals surface area contributed by atoms with E-state index in [1.165, 1.54) is 12.1 Å². The maximum Gasteiger partial charge on any atom is 0.255 e. The smallest absolute Gasteiger partial charge is 0.255 e. The second-order valence-corrected chi connectivity index (χ2v) is 7.97. The van der Waals surface area contributed by atoms with Gasteiger partial charge in [-0.15, -0.1) is 0 Å². The van der Waals surface area contributed by atoms with Crippen LogP contribution in [0.5, 0.6) is 0 Å². The van der Waals surface area contributed by atoms with Crippen molar-refractivity contribution in [2.45, 2.75) is 23.8 Å². The molecule has 26 heavy (non-hydrogen) atoms. The fourth-order valence-electron chi connectivity index (χ4n) is 2.69. The van der Waals surface area contributed by atoms with Crippen LogP contribution in [0, 0.1) is 0 Å². The van der Waals surface area contributed by atoms with Gasteiger partial charge in [0.05, 0.1) is 16.1 Å². The van der Waals surface area contributed by atoms with Crippen LogP contribution in [0.3, 0.4) is 0 Å². The molecule has 0 aliphatic heterocycles. The Morgan fingerprint density at radius 1 is 1.04 bits per heavy atom. The van der Waals surface area contributed by atoms with E-state index < -0.39 is 10.0 Å². The van der Waals surface area contributed by atoms with Gasteiger partial charge in [0.2, 0.25) is 10.0 Å². The van der Waals surface area contributed by atoms with Crippen molar-refractivity contribution in [3.05, 3.63) is 66.4 Å². The molecule has 3 aromatic rings. The van der Waals surface area contributed by atoms with Crippen LogP contribution in [0.25, 0.3) is 10.9 Å². The summed E-state index contributed by atoms with van der Waals surface area (Å²) in [7, 11) is -3.60. The molecule has 0 radical (unpaired) electrons. The predicted octanol–water partition coefficient (Wildman–Crippen LogP) is 2.93. The number of carbonyl (C=O) groups is 1. The van der Waals surface area contributed by atoms with Gasteiger partial charge in [-0.05, 0) is 43.2 Å². The number of hydrogen-bond acceptors (Lipinski definition) is 4. The van der Waals surface area contributed by atoms with Crippen LogP contribution in [0.15, 0.2) is 65.7 Å². The maximum atomic E-state index is 12.6. The number of pyridine rings is 1. The molecule has 1 saturated carbocycles. The third-order valence-corrected chi connectivity index (χ3v) is 5.72. The number of rotatable bonds is 5. The van der Waals surface area contributed by atoms with Crippen LogP contribution in [-0.4, -0.2) is 25.4 Å². The normalized spacial score (nSPS) is 14.3. The lowest BCUT2D eigenvalue weighted by Gasteiger charge is -2.10. The Bertz CT molecular complexity index is 1090. The summed E-state index contributed by atoms with van der Waals surface area (Å²) >= 11 is 0. The summed E-state index contributed by atoms with van der Waals surface area (Å²) in [6.07, 6.45) is 3.33. The molecule has 0 saturated heterocycles. The number of aromatic nitrogens is 1. The first kappa shape index (κ1) is 16.7. The molecule has 0 bridgehead atoms. The van der Waals surface area contributed by atoms with Crippen LogP contribution >= 0.6 is 0 Å². The van der Waals surface area contributed by atoms with Crippen molar-refractivity contribution in [2.75, 3.05) is 5.32 Å². The van der Waals surface area contributed by atoms with Crippen molar-refractivity contribution >= 4 is 32.5 Å². The number of sulfonamides is 1. The molecule has 6 nitrogen and oxygen atoms in total. The summed E-state index contributed by atoms with van der Waals surface area (Å²) in [6.45, 7) is 0. The molecule has 1 aromatic heterocycles. The summed E-state index contributed by atoms with van der Waals surface area (Å²) < 4.78 is 27.3. The van der Waals surface area contributed by atoms with Gasteiger partial charge in [-0.25, -0.2) is 13.1 Å². The monoisotopic (exact) mass is 367 g/mol. The van der Waals surface area contributed by atoms with Crippen molar-refractivity contribution in [1.82, 2.24) is 9.71 Å². The topological polar surface area (TPSA) is 88.2 Å². The second kappa shape index (κ2) is 6.51. The highest BCUT2D eigenvalue weighted by Gasteiger charge is 2.28. The molecule has 7 heteroatoms. The van der Waals surface area contributed by atoms with E-state index >= 15 is 0 Å².